The molecule has 1 aliphatic heterocycles. The van der Waals surface area contributed by atoms with Crippen LogP contribution in [0.25, 0.3) is 0 Å². The molecule has 0 spiro atoms. The van der Waals surface area contributed by atoms with Crippen LogP contribution in [-0.4, -0.2) is 35.0 Å². The van der Waals surface area contributed by atoms with Crippen LogP contribution in [-0.2, 0) is 4.79 Å². The molecule has 1 atom stereocenters. The van der Waals surface area contributed by atoms with Crippen molar-refractivity contribution in [2.24, 2.45) is 5.41 Å². The standard InChI is InChI=1S/C15H17Cl2NO3/c1-2-6-15(14(20)21)7-8-18(9-15)13(19)12-10(16)4-3-5-11(12)17/h3-5H,2,6-9H2,1H3,(H,20,21). The third-order valence-electron chi connectivity index (χ3n) is 4.00. The van der Waals surface area contributed by atoms with E-state index in [1.54, 1.807) is 18.2 Å². The van der Waals surface area contributed by atoms with Crippen molar-refractivity contribution >= 4 is 35.1 Å². The Bertz CT molecular complexity index is 556. The van der Waals surface area contributed by atoms with Gasteiger partial charge in [0.25, 0.3) is 5.91 Å². The van der Waals surface area contributed by atoms with Gasteiger partial charge in [-0.1, -0.05) is 42.6 Å². The molecule has 6 heteroatoms. The Kier molecular flexibility index (Phi) is 4.79. The lowest BCUT2D eigenvalue weighted by atomic mass is 9.83. The number of aliphatic carboxylic acids is 1. The average Bonchev–Trinajstić information content (AvgIpc) is 2.84. The van der Waals surface area contributed by atoms with E-state index in [0.29, 0.717) is 19.4 Å². The molecule has 114 valence electrons. The molecule has 1 fully saturated rings. The van der Waals surface area contributed by atoms with E-state index in [2.05, 4.69) is 0 Å². The molecule has 0 radical (unpaired) electrons. The molecular formula is C15H17Cl2NO3. The predicted molar refractivity (Wildman–Crippen MR) is 82.0 cm³/mol. The van der Waals surface area contributed by atoms with E-state index in [-0.39, 0.29) is 28.1 Å². The summed E-state index contributed by atoms with van der Waals surface area (Å²) < 4.78 is 0. The molecule has 4 nitrogen and oxygen atoms in total. The second kappa shape index (κ2) is 6.24. The number of likely N-dealkylation sites (tertiary alicyclic amines) is 1. The largest absolute Gasteiger partial charge is 0.481 e. The molecule has 0 bridgehead atoms. The molecule has 0 saturated carbocycles. The van der Waals surface area contributed by atoms with Crippen molar-refractivity contribution < 1.29 is 14.7 Å². The number of carboxylic acids is 1. The summed E-state index contributed by atoms with van der Waals surface area (Å²) in [7, 11) is 0. The average molecular weight is 330 g/mol. The maximum absolute atomic E-state index is 12.6. The lowest BCUT2D eigenvalue weighted by molar-refractivity contribution is -0.148. The van der Waals surface area contributed by atoms with Crippen molar-refractivity contribution in [2.45, 2.75) is 26.2 Å². The van der Waals surface area contributed by atoms with Crippen molar-refractivity contribution in [3.05, 3.63) is 33.8 Å². The Hall–Kier alpha value is -1.26. The van der Waals surface area contributed by atoms with Crippen LogP contribution in [0.15, 0.2) is 18.2 Å². The van der Waals surface area contributed by atoms with Gasteiger partial charge in [0, 0.05) is 13.1 Å². The second-order valence-electron chi connectivity index (χ2n) is 5.41. The van der Waals surface area contributed by atoms with E-state index in [0.717, 1.165) is 6.42 Å². The van der Waals surface area contributed by atoms with Crippen LogP contribution in [0.3, 0.4) is 0 Å². The van der Waals surface area contributed by atoms with Crippen LogP contribution < -0.4 is 0 Å². The van der Waals surface area contributed by atoms with Crippen LogP contribution in [0.4, 0.5) is 0 Å². The predicted octanol–water partition coefficient (Wildman–Crippen LogP) is 3.71. The number of carbonyl (C=O) groups excluding carboxylic acids is 1. The minimum atomic E-state index is -0.849. The molecule has 1 saturated heterocycles. The first-order valence-corrected chi connectivity index (χ1v) is 7.63. The van der Waals surface area contributed by atoms with E-state index in [4.69, 9.17) is 23.2 Å². The van der Waals surface area contributed by atoms with Gasteiger partial charge in [-0.2, -0.15) is 0 Å². The Balaban J connectivity index is 2.25. The summed E-state index contributed by atoms with van der Waals surface area (Å²) in [6.45, 7) is 2.56. The highest BCUT2D eigenvalue weighted by molar-refractivity contribution is 6.39. The molecule has 1 N–H and O–H groups in total. The van der Waals surface area contributed by atoms with Crippen LogP contribution in [0.5, 0.6) is 0 Å². The number of carbonyl (C=O) groups is 2. The monoisotopic (exact) mass is 329 g/mol. The zero-order valence-electron chi connectivity index (χ0n) is 11.7. The molecule has 1 aromatic rings. The van der Waals surface area contributed by atoms with Crippen molar-refractivity contribution in [2.75, 3.05) is 13.1 Å². The van der Waals surface area contributed by atoms with Gasteiger partial charge in [0.2, 0.25) is 0 Å². The van der Waals surface area contributed by atoms with Crippen LogP contribution in [0, 0.1) is 5.41 Å². The van der Waals surface area contributed by atoms with Gasteiger partial charge < -0.3 is 10.0 Å². The first kappa shape index (κ1) is 16.1. The molecule has 1 aromatic carbocycles. The fourth-order valence-corrected chi connectivity index (χ4v) is 3.43. The fourth-order valence-electron chi connectivity index (χ4n) is 2.87. The number of rotatable bonds is 4. The molecule has 2 rings (SSSR count). The van der Waals surface area contributed by atoms with Gasteiger partial charge in [0.05, 0.1) is 21.0 Å². The number of nitrogens with zero attached hydrogens (tertiary/aromatic N) is 1. The Labute approximate surface area is 133 Å². The third-order valence-corrected chi connectivity index (χ3v) is 4.63. The number of hydrogen-bond acceptors (Lipinski definition) is 2. The van der Waals surface area contributed by atoms with E-state index in [9.17, 15) is 14.7 Å². The lowest BCUT2D eigenvalue weighted by Gasteiger charge is -2.24. The van der Waals surface area contributed by atoms with Crippen molar-refractivity contribution in [3.8, 4) is 0 Å². The van der Waals surface area contributed by atoms with Crippen molar-refractivity contribution in [1.82, 2.24) is 4.90 Å². The van der Waals surface area contributed by atoms with Gasteiger partial charge in [-0.15, -0.1) is 0 Å². The highest BCUT2D eigenvalue weighted by Gasteiger charge is 2.45. The van der Waals surface area contributed by atoms with Crippen molar-refractivity contribution in [1.29, 1.82) is 0 Å². The van der Waals surface area contributed by atoms with E-state index < -0.39 is 11.4 Å². The van der Waals surface area contributed by atoms with Crippen LogP contribution in [0.1, 0.15) is 36.5 Å². The fraction of sp³-hybridized carbons (Fsp3) is 0.467. The summed E-state index contributed by atoms with van der Waals surface area (Å²) in [5.74, 6) is -1.14. The zero-order valence-corrected chi connectivity index (χ0v) is 13.2. The maximum atomic E-state index is 12.6. The maximum Gasteiger partial charge on any atom is 0.311 e. The normalized spacial score (nSPS) is 21.6. The lowest BCUT2D eigenvalue weighted by Crippen LogP contribution is -2.37. The summed E-state index contributed by atoms with van der Waals surface area (Å²) in [6.07, 6.45) is 1.79. The van der Waals surface area contributed by atoms with Gasteiger partial charge in [-0.05, 0) is 25.0 Å². The van der Waals surface area contributed by atoms with Gasteiger partial charge in [-0.25, -0.2) is 0 Å². The minimum absolute atomic E-state index is 0.205. The highest BCUT2D eigenvalue weighted by Crippen LogP contribution is 2.37. The van der Waals surface area contributed by atoms with Crippen LogP contribution >= 0.6 is 23.2 Å². The molecule has 21 heavy (non-hydrogen) atoms. The third kappa shape index (κ3) is 3.01. The highest BCUT2D eigenvalue weighted by atomic mass is 35.5. The Morgan fingerprint density at radius 2 is 1.95 bits per heavy atom. The molecule has 1 aliphatic rings. The molecule has 1 amide bonds. The quantitative estimate of drug-likeness (QED) is 0.915. The molecule has 0 aliphatic carbocycles. The van der Waals surface area contributed by atoms with Gasteiger partial charge >= 0.3 is 5.97 Å². The smallest absolute Gasteiger partial charge is 0.311 e. The van der Waals surface area contributed by atoms with E-state index in [1.165, 1.54) is 4.90 Å². The Morgan fingerprint density at radius 1 is 1.33 bits per heavy atom. The summed E-state index contributed by atoms with van der Waals surface area (Å²) in [5.41, 5.74) is -0.600. The molecular weight excluding hydrogens is 313 g/mol. The number of amides is 1. The van der Waals surface area contributed by atoms with Gasteiger partial charge in [0.15, 0.2) is 0 Å². The number of halogens is 2. The second-order valence-corrected chi connectivity index (χ2v) is 6.22. The van der Waals surface area contributed by atoms with E-state index >= 15 is 0 Å². The zero-order chi connectivity index (χ0) is 15.6. The topological polar surface area (TPSA) is 57.6 Å². The summed E-state index contributed by atoms with van der Waals surface area (Å²) in [6, 6.07) is 4.88. The molecule has 0 aromatic heterocycles. The van der Waals surface area contributed by atoms with Gasteiger partial charge in [-0.3, -0.25) is 9.59 Å². The summed E-state index contributed by atoms with van der Waals surface area (Å²) in [5, 5.41) is 10.1. The first-order chi connectivity index (χ1) is 9.91. The van der Waals surface area contributed by atoms with Crippen LogP contribution in [0.2, 0.25) is 10.0 Å². The Morgan fingerprint density at radius 3 is 2.48 bits per heavy atom. The molecule has 1 heterocycles. The molecule has 1 unspecified atom stereocenters. The summed E-state index contributed by atoms with van der Waals surface area (Å²) in [4.78, 5) is 25.7. The SMILES string of the molecule is CCCC1(C(=O)O)CCN(C(=O)c2c(Cl)cccc2Cl)C1. The number of hydrogen-bond donors (Lipinski definition) is 1. The number of benzene rings is 1. The van der Waals surface area contributed by atoms with Crippen molar-refractivity contribution in [3.63, 3.8) is 0 Å². The first-order valence-electron chi connectivity index (χ1n) is 6.88. The number of carboxylic acid groups (broad SMARTS) is 1. The summed E-state index contributed by atoms with van der Waals surface area (Å²) >= 11 is 12.1. The minimum Gasteiger partial charge on any atom is -0.481 e. The van der Waals surface area contributed by atoms with E-state index in [1.807, 2.05) is 6.92 Å². The van der Waals surface area contributed by atoms with Gasteiger partial charge in [0.1, 0.15) is 0 Å².